The molecule has 4 rings (SSSR count). The second-order valence-corrected chi connectivity index (χ2v) is 6.25. The van der Waals surface area contributed by atoms with Gasteiger partial charge in [-0.3, -0.25) is 0 Å². The van der Waals surface area contributed by atoms with Crippen molar-refractivity contribution in [3.05, 3.63) is 48.0 Å². The van der Waals surface area contributed by atoms with Crippen molar-refractivity contribution in [2.45, 2.75) is 20.4 Å². The fraction of sp³-hybridized carbons (Fsp3) is 0.238. The first-order valence-electron chi connectivity index (χ1n) is 9.47. The summed E-state index contributed by atoms with van der Waals surface area (Å²) < 4.78 is 13.2. The van der Waals surface area contributed by atoms with Crippen LogP contribution < -0.4 is 14.9 Å². The van der Waals surface area contributed by atoms with Crippen LogP contribution in [-0.4, -0.2) is 39.7 Å². The number of anilines is 1. The second kappa shape index (κ2) is 8.14. The van der Waals surface area contributed by atoms with Crippen molar-refractivity contribution in [3.63, 3.8) is 0 Å². The highest BCUT2D eigenvalue weighted by Crippen LogP contribution is 2.30. The molecular formula is C21H22N6O2. The van der Waals surface area contributed by atoms with Gasteiger partial charge in [0.1, 0.15) is 5.52 Å². The lowest BCUT2D eigenvalue weighted by Gasteiger charge is -2.11. The summed E-state index contributed by atoms with van der Waals surface area (Å²) in [7, 11) is 1.61. The molecule has 0 spiro atoms. The fourth-order valence-corrected chi connectivity index (χ4v) is 3.32. The van der Waals surface area contributed by atoms with E-state index in [1.165, 1.54) is 0 Å². The van der Waals surface area contributed by atoms with Crippen molar-refractivity contribution in [1.82, 2.24) is 19.7 Å². The van der Waals surface area contributed by atoms with E-state index >= 15 is 0 Å². The lowest BCUT2D eigenvalue weighted by atomic mass is 10.2. The molecule has 1 N–H and O–H groups in total. The second-order valence-electron chi connectivity index (χ2n) is 6.25. The van der Waals surface area contributed by atoms with Crippen LogP contribution in [0.1, 0.15) is 19.4 Å². The minimum Gasteiger partial charge on any atom is -0.493 e. The van der Waals surface area contributed by atoms with Gasteiger partial charge in [0.2, 0.25) is 0 Å². The number of fused-ring (bicyclic) bond motifs is 3. The summed E-state index contributed by atoms with van der Waals surface area (Å²) >= 11 is 0. The van der Waals surface area contributed by atoms with Crippen LogP contribution in [-0.2, 0) is 6.54 Å². The van der Waals surface area contributed by atoms with E-state index in [4.69, 9.17) is 9.47 Å². The molecule has 2 aromatic carbocycles. The number of aromatic nitrogens is 4. The maximum Gasteiger partial charge on any atom is 0.265 e. The number of nitrogens with one attached hydrogen (secondary N) is 1. The third kappa shape index (κ3) is 3.44. The summed E-state index contributed by atoms with van der Waals surface area (Å²) in [5, 5.41) is 13.8. The topological polar surface area (TPSA) is 86.5 Å². The van der Waals surface area contributed by atoms with Crippen LogP contribution in [0, 0.1) is 0 Å². The van der Waals surface area contributed by atoms with Crippen molar-refractivity contribution in [1.29, 1.82) is 0 Å². The summed E-state index contributed by atoms with van der Waals surface area (Å²) in [4.78, 5) is 4.62. The van der Waals surface area contributed by atoms with Crippen molar-refractivity contribution < 1.29 is 9.47 Å². The highest BCUT2D eigenvalue weighted by Gasteiger charge is 2.13. The normalized spacial score (nSPS) is 11.4. The van der Waals surface area contributed by atoms with E-state index in [0.717, 1.165) is 34.2 Å². The van der Waals surface area contributed by atoms with Gasteiger partial charge >= 0.3 is 0 Å². The predicted octanol–water partition coefficient (Wildman–Crippen LogP) is 3.85. The van der Waals surface area contributed by atoms with Gasteiger partial charge in [0, 0.05) is 17.5 Å². The summed E-state index contributed by atoms with van der Waals surface area (Å²) in [5.74, 6) is 1.62. The molecule has 0 saturated carbocycles. The Kier molecular flexibility index (Phi) is 5.24. The van der Waals surface area contributed by atoms with Gasteiger partial charge in [-0.25, -0.2) is 5.43 Å². The Morgan fingerprint density at radius 3 is 2.76 bits per heavy atom. The first-order chi connectivity index (χ1) is 14.3. The number of hydrogen-bond acceptors (Lipinski definition) is 7. The molecule has 0 unspecified atom stereocenters. The molecule has 0 fully saturated rings. The number of nitrogens with zero attached hydrogens (tertiary/aromatic N) is 5. The number of aryl methyl sites for hydroxylation is 1. The minimum atomic E-state index is 0.326. The van der Waals surface area contributed by atoms with Gasteiger partial charge in [-0.2, -0.15) is 10.1 Å². The quantitative estimate of drug-likeness (QED) is 0.381. The monoisotopic (exact) mass is 390 g/mol. The molecule has 0 radical (unpaired) electrons. The van der Waals surface area contributed by atoms with Crippen LogP contribution in [0.3, 0.4) is 0 Å². The van der Waals surface area contributed by atoms with Gasteiger partial charge in [0.15, 0.2) is 17.1 Å². The standard InChI is InChI=1S/C21H22N6O2/c1-4-27-16-11-7-6-10-15(16)18-20(27)23-21(26-24-18)25-22-13-14-9-8-12-17(28-3)19(14)29-5-2/h6-13H,4-5H2,1-3H3,(H,23,25,26)/b22-13+. The van der Waals surface area contributed by atoms with Gasteiger partial charge in [0.05, 0.1) is 25.4 Å². The Morgan fingerprint density at radius 2 is 1.97 bits per heavy atom. The SMILES string of the molecule is CCOc1c(/C=N/Nc2nnc3c4ccccc4n(CC)c3n2)cccc1OC. The van der Waals surface area contributed by atoms with Crippen LogP contribution in [0.25, 0.3) is 22.1 Å². The van der Waals surface area contributed by atoms with Crippen molar-refractivity contribution >= 4 is 34.2 Å². The average molecular weight is 390 g/mol. The van der Waals surface area contributed by atoms with Gasteiger partial charge in [-0.05, 0) is 32.0 Å². The summed E-state index contributed by atoms with van der Waals surface area (Å²) in [5.41, 5.74) is 6.29. The zero-order valence-electron chi connectivity index (χ0n) is 16.6. The summed E-state index contributed by atoms with van der Waals surface area (Å²) in [6.45, 7) is 5.32. The number of hydrazone groups is 1. The molecule has 0 saturated heterocycles. The molecule has 0 aliphatic heterocycles. The van der Waals surface area contributed by atoms with Crippen LogP contribution in [0.4, 0.5) is 5.95 Å². The predicted molar refractivity (Wildman–Crippen MR) is 114 cm³/mol. The van der Waals surface area contributed by atoms with Gasteiger partial charge in [0.25, 0.3) is 5.95 Å². The number of rotatable bonds is 7. The summed E-state index contributed by atoms with van der Waals surface area (Å²) in [6.07, 6.45) is 1.65. The largest absolute Gasteiger partial charge is 0.493 e. The molecule has 0 amide bonds. The van der Waals surface area contributed by atoms with Gasteiger partial charge in [-0.1, -0.05) is 24.3 Å². The van der Waals surface area contributed by atoms with E-state index in [-0.39, 0.29) is 0 Å². The highest BCUT2D eigenvalue weighted by atomic mass is 16.5. The first kappa shape index (κ1) is 18.7. The van der Waals surface area contributed by atoms with Crippen molar-refractivity contribution in [2.24, 2.45) is 5.10 Å². The Bertz CT molecular complexity index is 1180. The smallest absolute Gasteiger partial charge is 0.265 e. The molecule has 0 aliphatic carbocycles. The zero-order chi connectivity index (χ0) is 20.2. The highest BCUT2D eigenvalue weighted by molar-refractivity contribution is 6.04. The van der Waals surface area contributed by atoms with Gasteiger partial charge < -0.3 is 14.0 Å². The number of ether oxygens (including phenoxy) is 2. The maximum atomic E-state index is 5.69. The molecular weight excluding hydrogens is 368 g/mol. The number of benzene rings is 2. The van der Waals surface area contributed by atoms with Gasteiger partial charge in [-0.15, -0.1) is 10.2 Å². The summed E-state index contributed by atoms with van der Waals surface area (Å²) in [6, 6.07) is 13.7. The van der Waals surface area contributed by atoms with Crippen LogP contribution in [0.15, 0.2) is 47.6 Å². The minimum absolute atomic E-state index is 0.326. The fourth-order valence-electron chi connectivity index (χ4n) is 3.32. The van der Waals surface area contributed by atoms with Crippen LogP contribution in [0.2, 0.25) is 0 Å². The van der Waals surface area contributed by atoms with Crippen LogP contribution >= 0.6 is 0 Å². The Hall–Kier alpha value is -3.68. The third-order valence-electron chi connectivity index (χ3n) is 4.58. The van der Waals surface area contributed by atoms with E-state index in [2.05, 4.69) is 43.3 Å². The Morgan fingerprint density at radius 1 is 1.10 bits per heavy atom. The molecule has 29 heavy (non-hydrogen) atoms. The molecule has 0 aliphatic rings. The van der Waals surface area contributed by atoms with E-state index in [1.54, 1.807) is 13.3 Å². The number of hydrogen-bond donors (Lipinski definition) is 1. The molecule has 0 bridgehead atoms. The van der Waals surface area contributed by atoms with E-state index in [0.29, 0.717) is 24.1 Å². The lowest BCUT2D eigenvalue weighted by Crippen LogP contribution is -2.03. The molecule has 4 aromatic rings. The third-order valence-corrected chi connectivity index (χ3v) is 4.58. The number of para-hydroxylation sites is 2. The molecule has 0 atom stereocenters. The van der Waals surface area contributed by atoms with Crippen LogP contribution in [0.5, 0.6) is 11.5 Å². The number of methoxy groups -OCH3 is 1. The van der Waals surface area contributed by atoms with Crippen molar-refractivity contribution in [2.75, 3.05) is 19.1 Å². The lowest BCUT2D eigenvalue weighted by molar-refractivity contribution is 0.310. The maximum absolute atomic E-state index is 5.69. The Balaban J connectivity index is 1.65. The molecule has 8 nitrogen and oxygen atoms in total. The van der Waals surface area contributed by atoms with Crippen molar-refractivity contribution in [3.8, 4) is 11.5 Å². The Labute approximate surface area is 168 Å². The molecule has 2 heterocycles. The average Bonchev–Trinajstić information content (AvgIpc) is 3.07. The molecule has 8 heteroatoms. The molecule has 148 valence electrons. The van der Waals surface area contributed by atoms with E-state index < -0.39 is 0 Å². The molecule has 2 aromatic heterocycles. The first-order valence-corrected chi connectivity index (χ1v) is 9.47. The van der Waals surface area contributed by atoms with E-state index in [9.17, 15) is 0 Å². The zero-order valence-corrected chi connectivity index (χ0v) is 16.6. The van der Waals surface area contributed by atoms with E-state index in [1.807, 2.05) is 43.3 Å².